The molecule has 94 valence electrons. The van der Waals surface area contributed by atoms with Crippen LogP contribution in [0, 0.1) is 13.8 Å². The van der Waals surface area contributed by atoms with Gasteiger partial charge in [-0.05, 0) is 25.0 Å². The van der Waals surface area contributed by atoms with Gasteiger partial charge >= 0.3 is 5.97 Å². The molecule has 0 amide bonds. The third-order valence-corrected chi connectivity index (χ3v) is 2.75. The predicted molar refractivity (Wildman–Crippen MR) is 66.9 cm³/mol. The molecule has 0 aliphatic rings. The fourth-order valence-electron chi connectivity index (χ4n) is 1.88. The number of esters is 1. The lowest BCUT2D eigenvalue weighted by atomic mass is 9.99. The summed E-state index contributed by atoms with van der Waals surface area (Å²) >= 11 is 0. The molecule has 0 saturated carbocycles. The van der Waals surface area contributed by atoms with Crippen molar-refractivity contribution in [3.05, 3.63) is 41.3 Å². The van der Waals surface area contributed by atoms with Crippen LogP contribution in [0.5, 0.6) is 0 Å². The Morgan fingerprint density at radius 3 is 2.72 bits per heavy atom. The summed E-state index contributed by atoms with van der Waals surface area (Å²) in [5, 5.41) is 3.95. The van der Waals surface area contributed by atoms with E-state index in [-0.39, 0.29) is 12.6 Å². The average Bonchev–Trinajstić information content (AvgIpc) is 2.69. The van der Waals surface area contributed by atoms with E-state index in [4.69, 9.17) is 9.26 Å². The lowest BCUT2D eigenvalue weighted by molar-refractivity contribution is -0.142. The zero-order valence-electron chi connectivity index (χ0n) is 10.7. The Hall–Kier alpha value is -2.10. The second-order valence-corrected chi connectivity index (χ2v) is 4.16. The van der Waals surface area contributed by atoms with Gasteiger partial charge < -0.3 is 9.26 Å². The molecule has 0 saturated heterocycles. The topological polar surface area (TPSA) is 52.3 Å². The summed E-state index contributed by atoms with van der Waals surface area (Å²) in [7, 11) is 0. The molecule has 0 fully saturated rings. The monoisotopic (exact) mass is 245 g/mol. The molecule has 0 aliphatic carbocycles. The number of ether oxygens (including phenoxy) is 1. The van der Waals surface area contributed by atoms with E-state index in [1.54, 1.807) is 0 Å². The number of rotatable bonds is 3. The van der Waals surface area contributed by atoms with Gasteiger partial charge in [0.15, 0.2) is 12.4 Å². The Balaban J connectivity index is 2.41. The number of aryl methyl sites for hydroxylation is 2. The van der Waals surface area contributed by atoms with E-state index in [1.165, 1.54) is 6.92 Å². The molecule has 4 nitrogen and oxygen atoms in total. The zero-order chi connectivity index (χ0) is 13.1. The fraction of sp³-hybridized carbons (Fsp3) is 0.286. The van der Waals surface area contributed by atoms with Crippen molar-refractivity contribution in [2.75, 3.05) is 0 Å². The molecule has 0 spiro atoms. The van der Waals surface area contributed by atoms with Crippen LogP contribution in [0.25, 0.3) is 11.1 Å². The molecule has 1 aromatic heterocycles. The van der Waals surface area contributed by atoms with Gasteiger partial charge in [0, 0.05) is 6.92 Å². The highest BCUT2D eigenvalue weighted by molar-refractivity contribution is 5.71. The third-order valence-electron chi connectivity index (χ3n) is 2.75. The standard InChI is InChI=1S/C14H15NO3/c1-9-6-4-5-7-12(9)14-10(2)15-18-13(14)8-17-11(3)16/h4-7H,8H2,1-3H3. The van der Waals surface area contributed by atoms with Crippen molar-refractivity contribution in [3.63, 3.8) is 0 Å². The molecule has 0 N–H and O–H groups in total. The maximum absolute atomic E-state index is 10.9. The molecule has 1 heterocycles. The number of benzene rings is 1. The van der Waals surface area contributed by atoms with Crippen molar-refractivity contribution in [3.8, 4) is 11.1 Å². The molecule has 18 heavy (non-hydrogen) atoms. The van der Waals surface area contributed by atoms with Crippen LogP contribution >= 0.6 is 0 Å². The Morgan fingerprint density at radius 2 is 2.06 bits per heavy atom. The second kappa shape index (κ2) is 5.04. The fourth-order valence-corrected chi connectivity index (χ4v) is 1.88. The van der Waals surface area contributed by atoms with Crippen molar-refractivity contribution >= 4 is 5.97 Å². The molecule has 1 aromatic carbocycles. The molecule has 0 radical (unpaired) electrons. The van der Waals surface area contributed by atoms with Gasteiger partial charge in [-0.2, -0.15) is 0 Å². The molecule has 2 aromatic rings. The third kappa shape index (κ3) is 2.42. The normalized spacial score (nSPS) is 10.4. The van der Waals surface area contributed by atoms with Gasteiger partial charge in [-0.1, -0.05) is 29.4 Å². The lowest BCUT2D eigenvalue weighted by Crippen LogP contribution is -1.99. The van der Waals surface area contributed by atoms with Gasteiger partial charge in [0.05, 0.1) is 11.3 Å². The van der Waals surface area contributed by atoms with Crippen molar-refractivity contribution in [1.82, 2.24) is 5.16 Å². The van der Waals surface area contributed by atoms with Crippen LogP contribution in [-0.4, -0.2) is 11.1 Å². The van der Waals surface area contributed by atoms with Gasteiger partial charge in [-0.3, -0.25) is 4.79 Å². The van der Waals surface area contributed by atoms with Gasteiger partial charge in [0.2, 0.25) is 0 Å². The Kier molecular flexibility index (Phi) is 3.46. The molecule has 4 heteroatoms. The number of nitrogens with zero attached hydrogens (tertiary/aromatic N) is 1. The summed E-state index contributed by atoms with van der Waals surface area (Å²) in [6.07, 6.45) is 0. The highest BCUT2D eigenvalue weighted by Gasteiger charge is 2.17. The number of hydrogen-bond donors (Lipinski definition) is 0. The van der Waals surface area contributed by atoms with Gasteiger partial charge in [-0.25, -0.2) is 0 Å². The van der Waals surface area contributed by atoms with E-state index < -0.39 is 0 Å². The van der Waals surface area contributed by atoms with Crippen LogP contribution < -0.4 is 0 Å². The first-order valence-corrected chi connectivity index (χ1v) is 5.74. The van der Waals surface area contributed by atoms with Gasteiger partial charge in [0.25, 0.3) is 0 Å². The molecule has 0 unspecified atom stereocenters. The van der Waals surface area contributed by atoms with Crippen LogP contribution in [0.15, 0.2) is 28.8 Å². The quantitative estimate of drug-likeness (QED) is 0.780. The smallest absolute Gasteiger partial charge is 0.303 e. The van der Waals surface area contributed by atoms with Crippen LogP contribution in [0.1, 0.15) is 23.9 Å². The Labute approximate surface area is 106 Å². The SMILES string of the molecule is CC(=O)OCc1onc(C)c1-c1ccccc1C. The van der Waals surface area contributed by atoms with E-state index in [9.17, 15) is 4.79 Å². The maximum Gasteiger partial charge on any atom is 0.303 e. The van der Waals surface area contributed by atoms with Crippen molar-refractivity contribution < 1.29 is 14.1 Å². The number of aromatic nitrogens is 1. The average molecular weight is 245 g/mol. The molecular formula is C14H15NO3. The number of carbonyl (C=O) groups is 1. The molecule has 0 aliphatic heterocycles. The summed E-state index contributed by atoms with van der Waals surface area (Å²) in [6, 6.07) is 7.97. The first-order chi connectivity index (χ1) is 8.59. The van der Waals surface area contributed by atoms with Crippen LogP contribution in [-0.2, 0) is 16.1 Å². The minimum Gasteiger partial charge on any atom is -0.458 e. The van der Waals surface area contributed by atoms with E-state index in [0.29, 0.717) is 5.76 Å². The maximum atomic E-state index is 10.9. The number of hydrogen-bond acceptors (Lipinski definition) is 4. The molecule has 2 rings (SSSR count). The summed E-state index contributed by atoms with van der Waals surface area (Å²) in [4.78, 5) is 10.9. The summed E-state index contributed by atoms with van der Waals surface area (Å²) in [5.41, 5.74) is 3.90. The zero-order valence-corrected chi connectivity index (χ0v) is 10.7. The highest BCUT2D eigenvalue weighted by atomic mass is 16.5. The molecular weight excluding hydrogens is 230 g/mol. The van der Waals surface area contributed by atoms with Crippen molar-refractivity contribution in [1.29, 1.82) is 0 Å². The predicted octanol–water partition coefficient (Wildman–Crippen LogP) is 3.02. The van der Waals surface area contributed by atoms with E-state index in [0.717, 1.165) is 22.4 Å². The summed E-state index contributed by atoms with van der Waals surface area (Å²) < 4.78 is 10.2. The minimum absolute atomic E-state index is 0.111. The first-order valence-electron chi connectivity index (χ1n) is 5.74. The van der Waals surface area contributed by atoms with E-state index in [1.807, 2.05) is 38.1 Å². The second-order valence-electron chi connectivity index (χ2n) is 4.16. The lowest BCUT2D eigenvalue weighted by Gasteiger charge is -2.06. The van der Waals surface area contributed by atoms with Crippen LogP contribution in [0.3, 0.4) is 0 Å². The van der Waals surface area contributed by atoms with Crippen LogP contribution in [0.4, 0.5) is 0 Å². The Morgan fingerprint density at radius 1 is 1.33 bits per heavy atom. The Bertz CT molecular complexity index is 572. The van der Waals surface area contributed by atoms with Crippen LogP contribution in [0.2, 0.25) is 0 Å². The number of carbonyl (C=O) groups excluding carboxylic acids is 1. The summed E-state index contributed by atoms with van der Waals surface area (Å²) in [5.74, 6) is 0.247. The largest absolute Gasteiger partial charge is 0.458 e. The highest BCUT2D eigenvalue weighted by Crippen LogP contribution is 2.30. The van der Waals surface area contributed by atoms with E-state index >= 15 is 0 Å². The minimum atomic E-state index is -0.334. The van der Waals surface area contributed by atoms with Crippen molar-refractivity contribution in [2.45, 2.75) is 27.4 Å². The van der Waals surface area contributed by atoms with Crippen molar-refractivity contribution in [2.24, 2.45) is 0 Å². The van der Waals surface area contributed by atoms with E-state index in [2.05, 4.69) is 5.16 Å². The van der Waals surface area contributed by atoms with Gasteiger partial charge in [-0.15, -0.1) is 0 Å². The molecule has 0 bridgehead atoms. The van der Waals surface area contributed by atoms with Gasteiger partial charge in [0.1, 0.15) is 0 Å². The summed E-state index contributed by atoms with van der Waals surface area (Å²) in [6.45, 7) is 5.39. The first kappa shape index (κ1) is 12.4. The molecule has 0 atom stereocenters.